The third-order valence-corrected chi connectivity index (χ3v) is 8.83. The average Bonchev–Trinajstić information content (AvgIpc) is 2.99. The molecule has 0 unspecified atom stereocenters. The van der Waals surface area contributed by atoms with Crippen LogP contribution >= 0.6 is 11.6 Å². The lowest BCUT2D eigenvalue weighted by Crippen LogP contribution is -2.53. The molecule has 0 heterocycles. The summed E-state index contributed by atoms with van der Waals surface area (Å²) in [6.07, 6.45) is 0.182. The molecule has 1 N–H and O–H groups in total. The lowest BCUT2D eigenvalue weighted by atomic mass is 10.0. The zero-order chi connectivity index (χ0) is 30.3. The van der Waals surface area contributed by atoms with Crippen LogP contribution in [-0.4, -0.2) is 44.8 Å². The number of amides is 2. The van der Waals surface area contributed by atoms with Gasteiger partial charge in [0.15, 0.2) is 0 Å². The summed E-state index contributed by atoms with van der Waals surface area (Å²) in [6, 6.07) is 26.3. The van der Waals surface area contributed by atoms with E-state index in [1.54, 1.807) is 24.3 Å². The van der Waals surface area contributed by atoms with Crippen LogP contribution in [0, 0.1) is 12.7 Å². The number of likely N-dealkylation sites (N-methyl/N-ethyl adjacent to an activating group) is 1. The number of hydrogen-bond donors (Lipinski definition) is 1. The number of benzene rings is 4. The highest BCUT2D eigenvalue weighted by Crippen LogP contribution is 2.26. The Labute approximate surface area is 250 Å². The molecule has 10 heteroatoms. The molecule has 0 aliphatic rings. The highest BCUT2D eigenvalue weighted by Gasteiger charge is 2.34. The van der Waals surface area contributed by atoms with Crippen molar-refractivity contribution in [2.45, 2.75) is 30.8 Å². The molecule has 218 valence electrons. The largest absolute Gasteiger partial charge is 0.357 e. The Morgan fingerprint density at radius 1 is 0.857 bits per heavy atom. The van der Waals surface area contributed by atoms with Crippen molar-refractivity contribution in [1.82, 2.24) is 10.2 Å². The van der Waals surface area contributed by atoms with Crippen molar-refractivity contribution in [2.24, 2.45) is 0 Å². The van der Waals surface area contributed by atoms with Crippen LogP contribution in [0.1, 0.15) is 16.7 Å². The van der Waals surface area contributed by atoms with Gasteiger partial charge in [0.1, 0.15) is 18.4 Å². The van der Waals surface area contributed by atoms with Gasteiger partial charge in [0.2, 0.25) is 11.8 Å². The number of carbonyl (C=O) groups excluding carboxylic acids is 2. The van der Waals surface area contributed by atoms with Crippen LogP contribution in [0.2, 0.25) is 5.02 Å². The first-order chi connectivity index (χ1) is 20.1. The number of carbonyl (C=O) groups is 2. The van der Waals surface area contributed by atoms with Gasteiger partial charge in [-0.3, -0.25) is 13.9 Å². The molecule has 7 nitrogen and oxygen atoms in total. The molecule has 4 aromatic carbocycles. The Bertz CT molecular complexity index is 1620. The Morgan fingerprint density at radius 2 is 1.48 bits per heavy atom. The van der Waals surface area contributed by atoms with Gasteiger partial charge in [-0.2, -0.15) is 0 Å². The Kier molecular flexibility index (Phi) is 9.98. The molecule has 4 rings (SSSR count). The number of sulfonamides is 1. The first kappa shape index (κ1) is 30.7. The predicted octanol–water partition coefficient (Wildman–Crippen LogP) is 5.37. The minimum atomic E-state index is -4.22. The molecule has 1 atom stereocenters. The van der Waals surface area contributed by atoms with Crippen molar-refractivity contribution in [3.05, 3.63) is 131 Å². The second-order valence-corrected chi connectivity index (χ2v) is 12.1. The van der Waals surface area contributed by atoms with Gasteiger partial charge in [-0.25, -0.2) is 12.8 Å². The monoisotopic (exact) mass is 607 g/mol. The fourth-order valence-electron chi connectivity index (χ4n) is 4.48. The number of anilines is 1. The van der Waals surface area contributed by atoms with Crippen LogP contribution in [0.5, 0.6) is 0 Å². The van der Waals surface area contributed by atoms with E-state index in [1.807, 2.05) is 37.3 Å². The van der Waals surface area contributed by atoms with Gasteiger partial charge in [0.25, 0.3) is 10.0 Å². The van der Waals surface area contributed by atoms with Crippen molar-refractivity contribution < 1.29 is 22.4 Å². The van der Waals surface area contributed by atoms with Gasteiger partial charge >= 0.3 is 0 Å². The van der Waals surface area contributed by atoms with E-state index in [2.05, 4.69) is 5.32 Å². The van der Waals surface area contributed by atoms with E-state index in [-0.39, 0.29) is 23.5 Å². The van der Waals surface area contributed by atoms with Gasteiger partial charge < -0.3 is 10.2 Å². The van der Waals surface area contributed by atoms with Gasteiger partial charge in [-0.15, -0.1) is 0 Å². The molecular formula is C32H31ClFN3O4S. The molecule has 0 saturated carbocycles. The van der Waals surface area contributed by atoms with Gasteiger partial charge in [-0.1, -0.05) is 71.8 Å². The normalized spacial score (nSPS) is 11.9. The smallest absolute Gasteiger partial charge is 0.264 e. The zero-order valence-electron chi connectivity index (χ0n) is 23.2. The van der Waals surface area contributed by atoms with Gasteiger partial charge in [0, 0.05) is 25.0 Å². The number of nitrogens with one attached hydrogen (secondary N) is 1. The SMILES string of the molecule is CNC(=O)[C@@H](Cc1ccccc1)N(Cc1ccc(F)cc1)C(=O)CN(c1ccc(C)cc1)S(=O)(=O)c1ccc(Cl)cc1. The first-order valence-electron chi connectivity index (χ1n) is 13.2. The van der Waals surface area contributed by atoms with E-state index in [0.717, 1.165) is 15.4 Å². The Morgan fingerprint density at radius 3 is 2.07 bits per heavy atom. The fraction of sp³-hybridized carbons (Fsp3) is 0.188. The van der Waals surface area contributed by atoms with Crippen molar-refractivity contribution in [3.63, 3.8) is 0 Å². The van der Waals surface area contributed by atoms with E-state index >= 15 is 0 Å². The highest BCUT2D eigenvalue weighted by molar-refractivity contribution is 7.92. The average molecular weight is 608 g/mol. The molecule has 0 fully saturated rings. The second kappa shape index (κ2) is 13.6. The lowest BCUT2D eigenvalue weighted by Gasteiger charge is -2.33. The molecule has 42 heavy (non-hydrogen) atoms. The Hall–Kier alpha value is -4.21. The van der Waals surface area contributed by atoms with Crippen molar-refractivity contribution in [3.8, 4) is 0 Å². The van der Waals surface area contributed by atoms with Crippen LogP contribution in [0.3, 0.4) is 0 Å². The zero-order valence-corrected chi connectivity index (χ0v) is 24.8. The molecular weight excluding hydrogens is 577 g/mol. The van der Waals surface area contributed by atoms with Crippen molar-refractivity contribution >= 4 is 39.1 Å². The maximum absolute atomic E-state index is 14.2. The number of aryl methyl sites for hydroxylation is 1. The van der Waals surface area contributed by atoms with E-state index < -0.39 is 40.2 Å². The summed E-state index contributed by atoms with van der Waals surface area (Å²) in [6.45, 7) is 1.24. The predicted molar refractivity (Wildman–Crippen MR) is 162 cm³/mol. The standard InChI is InChI=1S/C32H31ClFN3O4S/c1-23-8-16-28(17-9-23)37(42(40,41)29-18-12-26(33)13-19-29)22-31(38)36(21-25-10-14-27(34)15-11-25)30(32(39)35-2)20-24-6-4-3-5-7-24/h3-19,30H,20-22H2,1-2H3,(H,35,39)/t30-/m1/s1. The second-order valence-electron chi connectivity index (χ2n) is 9.77. The topological polar surface area (TPSA) is 86.8 Å². The van der Waals surface area contributed by atoms with E-state index in [9.17, 15) is 22.4 Å². The molecule has 2 amide bonds. The van der Waals surface area contributed by atoms with Crippen LogP contribution in [0.4, 0.5) is 10.1 Å². The lowest BCUT2D eigenvalue weighted by molar-refractivity contribution is -0.139. The summed E-state index contributed by atoms with van der Waals surface area (Å²) in [7, 11) is -2.75. The molecule has 0 spiro atoms. The van der Waals surface area contributed by atoms with Crippen LogP contribution in [0.15, 0.2) is 108 Å². The fourth-order valence-corrected chi connectivity index (χ4v) is 6.02. The van der Waals surface area contributed by atoms with Crippen LogP contribution in [-0.2, 0) is 32.6 Å². The summed E-state index contributed by atoms with van der Waals surface area (Å²) >= 11 is 6.00. The number of rotatable bonds is 11. The number of nitrogens with zero attached hydrogens (tertiary/aromatic N) is 2. The maximum Gasteiger partial charge on any atom is 0.264 e. The maximum atomic E-state index is 14.2. The number of halogens is 2. The quantitative estimate of drug-likeness (QED) is 0.248. The molecule has 0 aliphatic heterocycles. The minimum Gasteiger partial charge on any atom is -0.357 e. The molecule has 0 aromatic heterocycles. The minimum absolute atomic E-state index is 0.0440. The van der Waals surface area contributed by atoms with Gasteiger partial charge in [-0.05, 0) is 66.6 Å². The third-order valence-electron chi connectivity index (χ3n) is 6.79. The van der Waals surface area contributed by atoms with E-state index in [1.165, 1.54) is 60.5 Å². The van der Waals surface area contributed by atoms with E-state index in [0.29, 0.717) is 10.6 Å². The summed E-state index contributed by atoms with van der Waals surface area (Å²) in [5.74, 6) is -1.47. The molecule has 4 aromatic rings. The first-order valence-corrected chi connectivity index (χ1v) is 15.0. The molecule has 0 saturated heterocycles. The summed E-state index contributed by atoms with van der Waals surface area (Å²) in [5, 5.41) is 3.00. The molecule has 0 bridgehead atoms. The van der Waals surface area contributed by atoms with E-state index in [4.69, 9.17) is 11.6 Å². The highest BCUT2D eigenvalue weighted by atomic mass is 35.5. The van der Waals surface area contributed by atoms with Gasteiger partial charge in [0.05, 0.1) is 10.6 Å². The van der Waals surface area contributed by atoms with Crippen LogP contribution < -0.4 is 9.62 Å². The molecule has 0 aliphatic carbocycles. The summed E-state index contributed by atoms with van der Waals surface area (Å²) in [4.78, 5) is 28.7. The molecule has 0 radical (unpaired) electrons. The number of hydrogen-bond acceptors (Lipinski definition) is 4. The third kappa shape index (κ3) is 7.54. The Balaban J connectivity index is 1.77. The van der Waals surface area contributed by atoms with Crippen molar-refractivity contribution in [1.29, 1.82) is 0 Å². The van der Waals surface area contributed by atoms with Crippen molar-refractivity contribution in [2.75, 3.05) is 17.9 Å². The summed E-state index contributed by atoms with van der Waals surface area (Å²) in [5.41, 5.74) is 2.58. The van der Waals surface area contributed by atoms with Crippen LogP contribution in [0.25, 0.3) is 0 Å². The summed E-state index contributed by atoms with van der Waals surface area (Å²) < 4.78 is 42.6.